The number of allylic oxidation sites excluding steroid dienone is 1. The van der Waals surface area contributed by atoms with E-state index in [1.165, 1.54) is 0 Å². The number of ether oxygens (including phenoxy) is 1. The topological polar surface area (TPSA) is 22.1 Å². The third kappa shape index (κ3) is 3.59. The summed E-state index contributed by atoms with van der Waals surface area (Å²) >= 11 is 3.36. The van der Waals surface area contributed by atoms with Gasteiger partial charge in [0.25, 0.3) is 0 Å². The fourth-order valence-corrected chi connectivity index (χ4v) is 1.25. The zero-order valence-corrected chi connectivity index (χ0v) is 8.96. The van der Waals surface area contributed by atoms with Crippen molar-refractivity contribution in [1.29, 1.82) is 0 Å². The van der Waals surface area contributed by atoms with Crippen LogP contribution in [0.15, 0.2) is 35.6 Å². The highest BCUT2D eigenvalue weighted by molar-refractivity contribution is 9.10. The summed E-state index contributed by atoms with van der Waals surface area (Å²) in [7, 11) is 0. The van der Waals surface area contributed by atoms with Crippen molar-refractivity contribution in [2.24, 2.45) is 0 Å². The highest BCUT2D eigenvalue weighted by Gasteiger charge is 1.98. The van der Waals surface area contributed by atoms with Gasteiger partial charge in [0, 0.05) is 12.4 Å². The molecule has 0 atom stereocenters. The van der Waals surface area contributed by atoms with Gasteiger partial charge >= 0.3 is 0 Å². The first-order valence-corrected chi connectivity index (χ1v) is 4.97. The van der Waals surface area contributed by atoms with Crippen LogP contribution >= 0.6 is 15.9 Å². The quantitative estimate of drug-likeness (QED) is 0.584. The summed E-state index contributed by atoms with van der Waals surface area (Å²) < 4.78 is 6.40. The van der Waals surface area contributed by atoms with Crippen LogP contribution in [0, 0.1) is 0 Å². The molecule has 0 N–H and O–H groups in total. The van der Waals surface area contributed by atoms with E-state index < -0.39 is 0 Å². The largest absolute Gasteiger partial charge is 0.492 e. The number of nitrogens with zero attached hydrogens (tertiary/aromatic N) is 1. The van der Waals surface area contributed by atoms with Crippen LogP contribution in [-0.2, 0) is 0 Å². The van der Waals surface area contributed by atoms with Crippen molar-refractivity contribution in [3.63, 3.8) is 0 Å². The fourth-order valence-electron chi connectivity index (χ4n) is 0.889. The van der Waals surface area contributed by atoms with E-state index >= 15 is 0 Å². The summed E-state index contributed by atoms with van der Waals surface area (Å²) in [5.41, 5.74) is 0. The molecular weight excluding hydrogens is 230 g/mol. The second-order valence-corrected chi connectivity index (χ2v) is 3.44. The van der Waals surface area contributed by atoms with Gasteiger partial charge in [0.15, 0.2) is 0 Å². The number of hydrogen-bond donors (Lipinski definition) is 0. The van der Waals surface area contributed by atoms with Crippen LogP contribution in [0.4, 0.5) is 0 Å². The van der Waals surface area contributed by atoms with Gasteiger partial charge in [-0.15, -0.1) is 6.58 Å². The lowest BCUT2D eigenvalue weighted by atomic mass is 10.3. The Morgan fingerprint density at radius 3 is 3.15 bits per heavy atom. The first kappa shape index (κ1) is 10.3. The van der Waals surface area contributed by atoms with E-state index in [-0.39, 0.29) is 0 Å². The van der Waals surface area contributed by atoms with Crippen molar-refractivity contribution in [1.82, 2.24) is 4.98 Å². The molecule has 0 saturated heterocycles. The molecule has 0 amide bonds. The molecule has 1 aromatic rings. The molecule has 0 aliphatic rings. The van der Waals surface area contributed by atoms with Crippen LogP contribution in [-0.4, -0.2) is 11.6 Å². The molecule has 13 heavy (non-hydrogen) atoms. The van der Waals surface area contributed by atoms with E-state index in [2.05, 4.69) is 27.5 Å². The molecule has 0 unspecified atom stereocenters. The van der Waals surface area contributed by atoms with Crippen LogP contribution < -0.4 is 4.74 Å². The SMILES string of the molecule is C=CCCCOc1ccncc1Br. The van der Waals surface area contributed by atoms with Gasteiger partial charge in [-0.05, 0) is 34.8 Å². The maximum absolute atomic E-state index is 5.50. The number of aromatic nitrogens is 1. The van der Waals surface area contributed by atoms with Gasteiger partial charge in [0.05, 0.1) is 11.1 Å². The molecule has 0 fully saturated rings. The zero-order chi connectivity index (χ0) is 9.52. The molecule has 0 spiro atoms. The molecular formula is C10H12BrNO. The second kappa shape index (κ2) is 5.75. The lowest BCUT2D eigenvalue weighted by molar-refractivity contribution is 0.310. The Bertz CT molecular complexity index is 275. The molecule has 0 aliphatic carbocycles. The number of rotatable bonds is 5. The van der Waals surface area contributed by atoms with Crippen LogP contribution in [0.5, 0.6) is 5.75 Å². The van der Waals surface area contributed by atoms with Gasteiger partial charge in [-0.25, -0.2) is 0 Å². The van der Waals surface area contributed by atoms with Gasteiger partial charge in [-0.3, -0.25) is 4.98 Å². The summed E-state index contributed by atoms with van der Waals surface area (Å²) in [5, 5.41) is 0. The van der Waals surface area contributed by atoms with Crippen molar-refractivity contribution >= 4 is 15.9 Å². The predicted molar refractivity (Wildman–Crippen MR) is 56.9 cm³/mol. The molecule has 1 heterocycles. The lowest BCUT2D eigenvalue weighted by Gasteiger charge is -2.05. The molecule has 2 nitrogen and oxygen atoms in total. The summed E-state index contributed by atoms with van der Waals surface area (Å²) in [6.07, 6.45) is 7.32. The number of pyridine rings is 1. The molecule has 3 heteroatoms. The van der Waals surface area contributed by atoms with Crippen molar-refractivity contribution in [2.75, 3.05) is 6.61 Å². The number of hydrogen-bond acceptors (Lipinski definition) is 2. The molecule has 70 valence electrons. The molecule has 1 rings (SSSR count). The van der Waals surface area contributed by atoms with Crippen molar-refractivity contribution in [3.05, 3.63) is 35.6 Å². The molecule has 0 radical (unpaired) electrons. The minimum Gasteiger partial charge on any atom is -0.492 e. The van der Waals surface area contributed by atoms with Crippen molar-refractivity contribution in [3.8, 4) is 5.75 Å². The Morgan fingerprint density at radius 2 is 2.46 bits per heavy atom. The summed E-state index contributed by atoms with van der Waals surface area (Å²) in [5.74, 6) is 0.846. The van der Waals surface area contributed by atoms with Crippen LogP contribution in [0.1, 0.15) is 12.8 Å². The Balaban J connectivity index is 2.36. The molecule has 0 bridgehead atoms. The zero-order valence-electron chi connectivity index (χ0n) is 7.37. The molecule has 0 saturated carbocycles. The van der Waals surface area contributed by atoms with E-state index in [4.69, 9.17) is 4.74 Å². The highest BCUT2D eigenvalue weighted by atomic mass is 79.9. The summed E-state index contributed by atoms with van der Waals surface area (Å²) in [6.45, 7) is 4.36. The molecule has 0 aliphatic heterocycles. The molecule has 1 aromatic heterocycles. The van der Waals surface area contributed by atoms with Crippen molar-refractivity contribution in [2.45, 2.75) is 12.8 Å². The Hall–Kier alpha value is -0.830. The first-order chi connectivity index (χ1) is 6.34. The minimum atomic E-state index is 0.717. The average Bonchev–Trinajstić information content (AvgIpc) is 2.15. The Labute approximate surface area is 86.8 Å². The number of unbranched alkanes of at least 4 members (excludes halogenated alkanes) is 1. The van der Waals surface area contributed by atoms with E-state index in [1.54, 1.807) is 12.4 Å². The average molecular weight is 242 g/mol. The van der Waals surface area contributed by atoms with Crippen molar-refractivity contribution < 1.29 is 4.74 Å². The maximum Gasteiger partial charge on any atom is 0.136 e. The minimum absolute atomic E-state index is 0.717. The predicted octanol–water partition coefficient (Wildman–Crippen LogP) is 3.19. The van der Waals surface area contributed by atoms with Gasteiger partial charge in [-0.1, -0.05) is 6.08 Å². The maximum atomic E-state index is 5.50. The van der Waals surface area contributed by atoms with E-state index in [9.17, 15) is 0 Å². The Morgan fingerprint density at radius 1 is 1.62 bits per heavy atom. The van der Waals surface area contributed by atoms with Gasteiger partial charge in [0.1, 0.15) is 5.75 Å². The van der Waals surface area contributed by atoms with Crippen LogP contribution in [0.3, 0.4) is 0 Å². The third-order valence-corrected chi connectivity index (χ3v) is 2.14. The number of halogens is 1. The second-order valence-electron chi connectivity index (χ2n) is 2.59. The fraction of sp³-hybridized carbons (Fsp3) is 0.300. The first-order valence-electron chi connectivity index (χ1n) is 4.18. The summed E-state index contributed by atoms with van der Waals surface area (Å²) in [6, 6.07) is 1.85. The monoisotopic (exact) mass is 241 g/mol. The van der Waals surface area contributed by atoms with Gasteiger partial charge in [-0.2, -0.15) is 0 Å². The standard InChI is InChI=1S/C10H12BrNO/c1-2-3-4-7-13-10-5-6-12-8-9(10)11/h2,5-6,8H,1,3-4,7H2. The van der Waals surface area contributed by atoms with Gasteiger partial charge < -0.3 is 4.74 Å². The van der Waals surface area contributed by atoms with E-state index in [0.717, 1.165) is 23.1 Å². The molecule has 0 aromatic carbocycles. The highest BCUT2D eigenvalue weighted by Crippen LogP contribution is 2.22. The smallest absolute Gasteiger partial charge is 0.136 e. The normalized spacial score (nSPS) is 9.62. The summed E-state index contributed by atoms with van der Waals surface area (Å²) in [4.78, 5) is 3.95. The van der Waals surface area contributed by atoms with Crippen LogP contribution in [0.2, 0.25) is 0 Å². The van der Waals surface area contributed by atoms with E-state index in [1.807, 2.05) is 12.1 Å². The third-order valence-electron chi connectivity index (χ3n) is 1.55. The van der Waals surface area contributed by atoms with Gasteiger partial charge in [0.2, 0.25) is 0 Å². The van der Waals surface area contributed by atoms with Crippen LogP contribution in [0.25, 0.3) is 0 Å². The van der Waals surface area contributed by atoms with E-state index in [0.29, 0.717) is 6.61 Å². The lowest BCUT2D eigenvalue weighted by Crippen LogP contribution is -1.97. The Kier molecular flexibility index (Phi) is 4.54.